The third kappa shape index (κ3) is 2.30. The van der Waals surface area contributed by atoms with Crippen LogP contribution in [0, 0.1) is 12.7 Å². The molecule has 18 heavy (non-hydrogen) atoms. The fourth-order valence-electron chi connectivity index (χ4n) is 1.87. The number of hydrogen-bond acceptors (Lipinski definition) is 2. The highest BCUT2D eigenvalue weighted by Gasteiger charge is 2.20. The fraction of sp³-hybridized carbons (Fsp3) is 0.200. The summed E-state index contributed by atoms with van der Waals surface area (Å²) >= 11 is 0. The Hall–Kier alpha value is -2.03. The van der Waals surface area contributed by atoms with Crippen LogP contribution >= 0.6 is 0 Å². The molecule has 2 rings (SSSR count). The number of ketones is 1. The molecule has 0 amide bonds. The molecule has 1 heterocycles. The molecule has 2 aromatic rings. The van der Waals surface area contributed by atoms with Crippen LogP contribution < -0.4 is 0 Å². The molecule has 0 saturated carbocycles. The van der Waals surface area contributed by atoms with E-state index in [1.165, 1.54) is 6.07 Å². The first-order valence-corrected chi connectivity index (χ1v) is 5.80. The van der Waals surface area contributed by atoms with E-state index in [-0.39, 0.29) is 17.3 Å². The lowest BCUT2D eigenvalue weighted by Gasteiger charge is -2.12. The van der Waals surface area contributed by atoms with Gasteiger partial charge in [-0.3, -0.25) is 9.78 Å². The van der Waals surface area contributed by atoms with Crippen LogP contribution in [0.1, 0.15) is 34.3 Å². The number of pyridine rings is 1. The second-order valence-electron chi connectivity index (χ2n) is 4.30. The molecule has 1 atom stereocenters. The van der Waals surface area contributed by atoms with E-state index in [2.05, 4.69) is 4.98 Å². The normalized spacial score (nSPS) is 12.2. The zero-order valence-corrected chi connectivity index (χ0v) is 10.4. The maximum atomic E-state index is 13.9. The van der Waals surface area contributed by atoms with E-state index in [1.54, 1.807) is 50.5 Å². The van der Waals surface area contributed by atoms with Crippen LogP contribution in [0.25, 0.3) is 0 Å². The van der Waals surface area contributed by atoms with Crippen LogP contribution in [0.15, 0.2) is 42.7 Å². The van der Waals surface area contributed by atoms with Crippen molar-refractivity contribution in [2.45, 2.75) is 19.8 Å². The molecule has 0 aliphatic carbocycles. The number of carbonyl (C=O) groups is 1. The van der Waals surface area contributed by atoms with Crippen molar-refractivity contribution in [3.05, 3.63) is 65.2 Å². The van der Waals surface area contributed by atoms with Crippen LogP contribution in [-0.2, 0) is 0 Å². The maximum Gasteiger partial charge on any atom is 0.172 e. The second kappa shape index (κ2) is 5.08. The number of aromatic nitrogens is 1. The smallest absolute Gasteiger partial charge is 0.172 e. The number of rotatable bonds is 3. The second-order valence-corrected chi connectivity index (χ2v) is 4.30. The molecular formula is C15H14FNO. The van der Waals surface area contributed by atoms with Gasteiger partial charge in [0, 0.05) is 18.3 Å². The summed E-state index contributed by atoms with van der Waals surface area (Å²) in [6.45, 7) is 3.43. The van der Waals surface area contributed by atoms with Gasteiger partial charge in [-0.1, -0.05) is 19.1 Å². The SMILES string of the molecule is Cc1cccc(C(=O)C(C)c2ccncc2)c1F. The van der Waals surface area contributed by atoms with E-state index >= 15 is 0 Å². The Morgan fingerprint density at radius 3 is 2.56 bits per heavy atom. The third-order valence-electron chi connectivity index (χ3n) is 3.06. The molecule has 1 aromatic heterocycles. The van der Waals surface area contributed by atoms with Crippen molar-refractivity contribution >= 4 is 5.78 Å². The summed E-state index contributed by atoms with van der Waals surface area (Å²) < 4.78 is 13.9. The number of aryl methyl sites for hydroxylation is 1. The van der Waals surface area contributed by atoms with Crippen molar-refractivity contribution in [1.82, 2.24) is 4.98 Å². The Morgan fingerprint density at radius 2 is 1.89 bits per heavy atom. The van der Waals surface area contributed by atoms with Gasteiger partial charge in [-0.25, -0.2) is 4.39 Å². The van der Waals surface area contributed by atoms with Gasteiger partial charge in [-0.2, -0.15) is 0 Å². The predicted molar refractivity (Wildman–Crippen MR) is 68.1 cm³/mol. The number of carbonyl (C=O) groups excluding carboxylic acids is 1. The minimum atomic E-state index is -0.427. The molecule has 0 radical (unpaired) electrons. The van der Waals surface area contributed by atoms with E-state index in [9.17, 15) is 9.18 Å². The Balaban J connectivity index is 2.35. The van der Waals surface area contributed by atoms with Gasteiger partial charge < -0.3 is 0 Å². The zero-order chi connectivity index (χ0) is 13.1. The average Bonchev–Trinajstić information content (AvgIpc) is 2.41. The molecular weight excluding hydrogens is 229 g/mol. The molecule has 0 saturated heterocycles. The van der Waals surface area contributed by atoms with Crippen LogP contribution in [0.4, 0.5) is 4.39 Å². The lowest BCUT2D eigenvalue weighted by molar-refractivity contribution is 0.0962. The summed E-state index contributed by atoms with van der Waals surface area (Å²) in [5.41, 5.74) is 1.48. The molecule has 0 aliphatic rings. The molecule has 0 fully saturated rings. The third-order valence-corrected chi connectivity index (χ3v) is 3.06. The van der Waals surface area contributed by atoms with E-state index in [0.717, 1.165) is 5.56 Å². The summed E-state index contributed by atoms with van der Waals surface area (Å²) in [5, 5.41) is 0. The lowest BCUT2D eigenvalue weighted by Crippen LogP contribution is -2.12. The quantitative estimate of drug-likeness (QED) is 0.772. The molecule has 1 unspecified atom stereocenters. The van der Waals surface area contributed by atoms with Crippen molar-refractivity contribution in [3.8, 4) is 0 Å². The van der Waals surface area contributed by atoms with Gasteiger partial charge >= 0.3 is 0 Å². The molecule has 0 aliphatic heterocycles. The van der Waals surface area contributed by atoms with E-state index in [4.69, 9.17) is 0 Å². The molecule has 2 nitrogen and oxygen atoms in total. The van der Waals surface area contributed by atoms with Gasteiger partial charge in [-0.05, 0) is 36.2 Å². The van der Waals surface area contributed by atoms with E-state index < -0.39 is 5.82 Å². The number of hydrogen-bond donors (Lipinski definition) is 0. The van der Waals surface area contributed by atoms with Gasteiger partial charge in [0.05, 0.1) is 5.56 Å². The van der Waals surface area contributed by atoms with Crippen molar-refractivity contribution in [3.63, 3.8) is 0 Å². The van der Waals surface area contributed by atoms with Crippen molar-refractivity contribution in [2.24, 2.45) is 0 Å². The zero-order valence-electron chi connectivity index (χ0n) is 10.4. The Morgan fingerprint density at radius 1 is 1.22 bits per heavy atom. The molecule has 0 N–H and O–H groups in total. The average molecular weight is 243 g/mol. The molecule has 0 bridgehead atoms. The minimum absolute atomic E-state index is 0.152. The number of nitrogens with zero attached hydrogens (tertiary/aromatic N) is 1. The fourth-order valence-corrected chi connectivity index (χ4v) is 1.87. The van der Waals surface area contributed by atoms with E-state index in [0.29, 0.717) is 5.56 Å². The summed E-state index contributed by atoms with van der Waals surface area (Å²) in [7, 11) is 0. The molecule has 0 spiro atoms. The van der Waals surface area contributed by atoms with Crippen LogP contribution in [0.5, 0.6) is 0 Å². The molecule has 3 heteroatoms. The first-order chi connectivity index (χ1) is 8.61. The first-order valence-electron chi connectivity index (χ1n) is 5.80. The largest absolute Gasteiger partial charge is 0.293 e. The Kier molecular flexibility index (Phi) is 3.51. The summed E-state index contributed by atoms with van der Waals surface area (Å²) in [5.74, 6) is -1.00. The number of benzene rings is 1. The molecule has 1 aromatic carbocycles. The van der Waals surface area contributed by atoms with Crippen LogP contribution in [-0.4, -0.2) is 10.8 Å². The summed E-state index contributed by atoms with van der Waals surface area (Å²) in [6, 6.07) is 8.43. The topological polar surface area (TPSA) is 30.0 Å². The lowest BCUT2D eigenvalue weighted by atomic mass is 9.92. The van der Waals surface area contributed by atoms with Gasteiger partial charge in [0.2, 0.25) is 0 Å². The highest BCUT2D eigenvalue weighted by atomic mass is 19.1. The Labute approximate surface area is 105 Å². The van der Waals surface area contributed by atoms with Gasteiger partial charge in [0.15, 0.2) is 5.78 Å². The van der Waals surface area contributed by atoms with Gasteiger partial charge in [-0.15, -0.1) is 0 Å². The van der Waals surface area contributed by atoms with Gasteiger partial charge in [0.1, 0.15) is 5.82 Å². The van der Waals surface area contributed by atoms with Crippen LogP contribution in [0.3, 0.4) is 0 Å². The first kappa shape index (κ1) is 12.4. The minimum Gasteiger partial charge on any atom is -0.293 e. The monoisotopic (exact) mass is 243 g/mol. The summed E-state index contributed by atoms with van der Waals surface area (Å²) in [6.07, 6.45) is 3.26. The van der Waals surface area contributed by atoms with Crippen molar-refractivity contribution in [2.75, 3.05) is 0 Å². The highest BCUT2D eigenvalue weighted by Crippen LogP contribution is 2.22. The number of Topliss-reactive ketones (excluding diaryl/α,β-unsaturated/α-hetero) is 1. The van der Waals surface area contributed by atoms with Gasteiger partial charge in [0.25, 0.3) is 0 Å². The predicted octanol–water partition coefficient (Wildman–Crippen LogP) is 3.52. The van der Waals surface area contributed by atoms with Crippen LogP contribution in [0.2, 0.25) is 0 Å². The summed E-state index contributed by atoms with van der Waals surface area (Å²) in [4.78, 5) is 16.2. The van der Waals surface area contributed by atoms with E-state index in [1.807, 2.05) is 0 Å². The standard InChI is InChI=1S/C15H14FNO/c1-10-4-3-5-13(14(10)16)15(18)11(2)12-6-8-17-9-7-12/h3-9,11H,1-2H3. The molecule has 92 valence electrons. The highest BCUT2D eigenvalue weighted by molar-refractivity contribution is 6.01. The number of halogens is 1. The van der Waals surface area contributed by atoms with Crippen molar-refractivity contribution < 1.29 is 9.18 Å². The Bertz CT molecular complexity index is 566. The maximum absolute atomic E-state index is 13.9. The van der Waals surface area contributed by atoms with Crippen molar-refractivity contribution in [1.29, 1.82) is 0 Å².